The van der Waals surface area contributed by atoms with Crippen LogP contribution in [-0.2, 0) is 6.18 Å². The Morgan fingerprint density at radius 3 is 2.62 bits per heavy atom. The fourth-order valence-corrected chi connectivity index (χ4v) is 5.65. The second-order valence-corrected chi connectivity index (χ2v) is 10.5. The van der Waals surface area contributed by atoms with Crippen molar-refractivity contribution in [2.45, 2.75) is 25.1 Å². The molecule has 3 heterocycles. The molecule has 0 saturated carbocycles. The molecule has 0 aliphatic carbocycles. The van der Waals surface area contributed by atoms with Gasteiger partial charge in [-0.15, -0.1) is 0 Å². The molecule has 2 aromatic heterocycles. The maximum absolute atomic E-state index is 13.1. The molecule has 1 unspecified atom stereocenters. The molecule has 1 atom stereocenters. The van der Waals surface area contributed by atoms with E-state index < -0.39 is 17.8 Å². The van der Waals surface area contributed by atoms with Gasteiger partial charge in [0.05, 0.1) is 16.6 Å². The monoisotopic (exact) mass is 548 g/mol. The maximum atomic E-state index is 13.1. The van der Waals surface area contributed by atoms with Crippen LogP contribution >= 0.6 is 0 Å². The fourth-order valence-electron chi connectivity index (χ4n) is 5.65. The van der Waals surface area contributed by atoms with E-state index in [-0.39, 0.29) is 6.61 Å². The zero-order chi connectivity index (χ0) is 27.7. The van der Waals surface area contributed by atoms with Gasteiger partial charge in [-0.2, -0.15) is 13.2 Å². The molecule has 1 aliphatic rings. The van der Waals surface area contributed by atoms with Crippen LogP contribution in [0.25, 0.3) is 32.7 Å². The number of fused-ring (bicyclic) bond motifs is 4. The molecule has 6 nitrogen and oxygen atoms in total. The lowest BCUT2D eigenvalue weighted by Gasteiger charge is -2.34. The Labute approximate surface area is 229 Å². The highest BCUT2D eigenvalue weighted by molar-refractivity contribution is 6.10. The molecule has 3 N–H and O–H groups in total. The van der Waals surface area contributed by atoms with Crippen LogP contribution in [0.2, 0.25) is 0 Å². The van der Waals surface area contributed by atoms with E-state index in [9.17, 15) is 18.3 Å². The van der Waals surface area contributed by atoms with Crippen molar-refractivity contribution in [3.63, 3.8) is 0 Å². The van der Waals surface area contributed by atoms with Gasteiger partial charge in [0.1, 0.15) is 18.5 Å². The van der Waals surface area contributed by atoms with Gasteiger partial charge >= 0.3 is 6.18 Å². The van der Waals surface area contributed by atoms with E-state index in [1.54, 1.807) is 6.20 Å². The van der Waals surface area contributed by atoms with Gasteiger partial charge in [0.15, 0.2) is 0 Å². The molecule has 0 radical (unpaired) electrons. The number of para-hydroxylation sites is 1. The highest BCUT2D eigenvalue weighted by Crippen LogP contribution is 2.35. The molecule has 0 bridgehead atoms. The summed E-state index contributed by atoms with van der Waals surface area (Å²) in [4.78, 5) is 9.80. The number of aliphatic hydroxyl groups excluding tert-OH is 1. The zero-order valence-corrected chi connectivity index (χ0v) is 21.9. The number of hydrogen-bond acceptors (Lipinski definition) is 5. The summed E-state index contributed by atoms with van der Waals surface area (Å²) in [5.41, 5.74) is 2.64. The summed E-state index contributed by atoms with van der Waals surface area (Å²) >= 11 is 0. The zero-order valence-electron chi connectivity index (χ0n) is 21.9. The number of aromatic nitrogens is 2. The quantitative estimate of drug-likeness (QED) is 0.218. The first-order valence-corrected chi connectivity index (χ1v) is 13.6. The van der Waals surface area contributed by atoms with Crippen LogP contribution < -0.4 is 15.0 Å². The number of benzene rings is 3. The number of aliphatic hydroxyl groups is 1. The molecule has 1 aliphatic heterocycles. The van der Waals surface area contributed by atoms with Crippen molar-refractivity contribution >= 4 is 38.4 Å². The number of nitrogens with one attached hydrogen (secondary N) is 2. The second-order valence-electron chi connectivity index (χ2n) is 10.5. The largest absolute Gasteiger partial charge is 0.490 e. The molecule has 0 spiro atoms. The lowest BCUT2D eigenvalue weighted by molar-refractivity contribution is -0.137. The molecule has 40 heavy (non-hydrogen) atoms. The Kier molecular flexibility index (Phi) is 7.25. The van der Waals surface area contributed by atoms with Crippen molar-refractivity contribution in [2.75, 3.05) is 37.7 Å². The van der Waals surface area contributed by atoms with Crippen molar-refractivity contribution in [1.29, 1.82) is 0 Å². The third-order valence-corrected chi connectivity index (χ3v) is 7.74. The summed E-state index contributed by atoms with van der Waals surface area (Å²) in [6.07, 6.45) is -1.56. The molecular formula is C31H31F3N4O2. The fraction of sp³-hybridized carbons (Fsp3) is 0.323. The Bertz CT molecular complexity index is 1630. The van der Waals surface area contributed by atoms with Gasteiger partial charge in [-0.05, 0) is 61.7 Å². The molecule has 6 rings (SSSR count). The minimum atomic E-state index is -4.39. The third kappa shape index (κ3) is 5.44. The van der Waals surface area contributed by atoms with Crippen LogP contribution in [0.5, 0.6) is 5.75 Å². The van der Waals surface area contributed by atoms with E-state index in [0.29, 0.717) is 18.0 Å². The molecule has 1 fully saturated rings. The van der Waals surface area contributed by atoms with Crippen molar-refractivity contribution in [2.24, 2.45) is 5.92 Å². The summed E-state index contributed by atoms with van der Waals surface area (Å²) < 4.78 is 45.4. The molecule has 1 saturated heterocycles. The average molecular weight is 549 g/mol. The Morgan fingerprint density at radius 2 is 1.80 bits per heavy atom. The summed E-state index contributed by atoms with van der Waals surface area (Å²) in [6, 6.07) is 19.6. The van der Waals surface area contributed by atoms with Gasteiger partial charge in [0, 0.05) is 53.2 Å². The number of alkyl halides is 3. The van der Waals surface area contributed by atoms with E-state index in [4.69, 9.17) is 4.74 Å². The molecule has 9 heteroatoms. The molecule has 208 valence electrons. The average Bonchev–Trinajstić information content (AvgIpc) is 3.35. The summed E-state index contributed by atoms with van der Waals surface area (Å²) in [7, 11) is 0. The summed E-state index contributed by atoms with van der Waals surface area (Å²) in [5, 5.41) is 16.8. The maximum Gasteiger partial charge on any atom is 0.416 e. The van der Waals surface area contributed by atoms with E-state index in [0.717, 1.165) is 83.2 Å². The Balaban J connectivity index is 0.991. The topological polar surface area (TPSA) is 73.4 Å². The van der Waals surface area contributed by atoms with Gasteiger partial charge < -0.3 is 25.0 Å². The first-order valence-electron chi connectivity index (χ1n) is 13.6. The lowest BCUT2D eigenvalue weighted by Crippen LogP contribution is -2.39. The number of piperidine rings is 1. The molecule has 3 aromatic carbocycles. The number of aromatic amines is 1. The van der Waals surface area contributed by atoms with E-state index in [1.165, 1.54) is 6.07 Å². The Morgan fingerprint density at radius 1 is 1.00 bits per heavy atom. The van der Waals surface area contributed by atoms with E-state index in [2.05, 4.69) is 26.3 Å². The lowest BCUT2D eigenvalue weighted by atomic mass is 9.96. The predicted molar refractivity (Wildman–Crippen MR) is 152 cm³/mol. The highest BCUT2D eigenvalue weighted by Gasteiger charge is 2.31. The number of hydrogen-bond donors (Lipinski definition) is 3. The van der Waals surface area contributed by atoms with Gasteiger partial charge in [-0.1, -0.05) is 30.3 Å². The third-order valence-electron chi connectivity index (χ3n) is 7.74. The number of rotatable bonds is 8. The first-order chi connectivity index (χ1) is 19.4. The second kappa shape index (κ2) is 11.0. The van der Waals surface area contributed by atoms with Gasteiger partial charge in [0.25, 0.3) is 0 Å². The van der Waals surface area contributed by atoms with E-state index in [1.807, 2.05) is 42.5 Å². The van der Waals surface area contributed by atoms with Crippen LogP contribution in [0.15, 0.2) is 72.9 Å². The van der Waals surface area contributed by atoms with Crippen LogP contribution in [0, 0.1) is 5.92 Å². The smallest absolute Gasteiger partial charge is 0.416 e. The summed E-state index contributed by atoms with van der Waals surface area (Å²) in [6.45, 7) is 3.03. The Hall–Kier alpha value is -3.82. The number of pyridine rings is 1. The number of halogens is 3. The van der Waals surface area contributed by atoms with Crippen molar-refractivity contribution < 1.29 is 23.0 Å². The van der Waals surface area contributed by atoms with Gasteiger partial charge in [-0.25, -0.2) is 0 Å². The highest BCUT2D eigenvalue weighted by atomic mass is 19.4. The van der Waals surface area contributed by atoms with Crippen molar-refractivity contribution in [3.05, 3.63) is 78.5 Å². The summed E-state index contributed by atoms with van der Waals surface area (Å²) in [5.74, 6) is 1.20. The molecule has 5 aromatic rings. The van der Waals surface area contributed by atoms with Crippen LogP contribution in [0.1, 0.15) is 18.4 Å². The van der Waals surface area contributed by atoms with Crippen LogP contribution in [-0.4, -0.2) is 54.0 Å². The van der Waals surface area contributed by atoms with E-state index >= 15 is 0 Å². The van der Waals surface area contributed by atoms with Crippen molar-refractivity contribution in [3.8, 4) is 5.75 Å². The SMILES string of the molecule is OC(CNCC1CCN(c2ccnc3cc(C(F)(F)F)ccc23)CC1)COc1cccc2[nH]c3ccccc3c12. The van der Waals surface area contributed by atoms with Crippen LogP contribution in [0.4, 0.5) is 18.9 Å². The standard InChI is InChI=1S/C31H31F3N4O2/c32-31(33,34)21-8-9-23-27(16-21)36-13-10-28(23)38-14-11-20(12-15-38)17-35-18-22(39)19-40-29-7-3-6-26-30(29)24-4-1-2-5-25(24)37-26/h1-10,13,16,20,22,35,37,39H,11-12,14-15,17-19H2. The molecule has 0 amide bonds. The number of anilines is 1. The first kappa shape index (κ1) is 26.4. The minimum absolute atomic E-state index is 0.190. The normalized spacial score (nSPS) is 15.8. The van der Waals surface area contributed by atoms with Crippen LogP contribution in [0.3, 0.4) is 0 Å². The number of nitrogens with zero attached hydrogens (tertiary/aromatic N) is 2. The minimum Gasteiger partial charge on any atom is -0.490 e. The predicted octanol–water partition coefficient (Wildman–Crippen LogP) is 6.13. The number of ether oxygens (including phenoxy) is 1. The van der Waals surface area contributed by atoms with Gasteiger partial charge in [0.2, 0.25) is 0 Å². The molecular weight excluding hydrogens is 517 g/mol. The number of H-pyrrole nitrogens is 1. The van der Waals surface area contributed by atoms with Crippen molar-refractivity contribution in [1.82, 2.24) is 15.3 Å². The van der Waals surface area contributed by atoms with Gasteiger partial charge in [-0.3, -0.25) is 4.98 Å².